The van der Waals surface area contributed by atoms with Gasteiger partial charge in [-0.1, -0.05) is 6.07 Å². The van der Waals surface area contributed by atoms with Crippen molar-refractivity contribution in [3.63, 3.8) is 0 Å². The highest BCUT2D eigenvalue weighted by Gasteiger charge is 2.09. The van der Waals surface area contributed by atoms with Crippen molar-refractivity contribution in [2.24, 2.45) is 0 Å². The van der Waals surface area contributed by atoms with E-state index in [0.29, 0.717) is 42.3 Å². The predicted molar refractivity (Wildman–Crippen MR) is 106 cm³/mol. The van der Waals surface area contributed by atoms with Crippen LogP contribution in [0.4, 0.5) is 11.4 Å². The maximum Gasteiger partial charge on any atom is 0.255 e. The van der Waals surface area contributed by atoms with Crippen LogP contribution in [0.3, 0.4) is 0 Å². The molecule has 2 rings (SSSR count). The van der Waals surface area contributed by atoms with Crippen molar-refractivity contribution < 1.29 is 14.3 Å². The lowest BCUT2D eigenvalue weighted by atomic mass is 10.1. The Hall–Kier alpha value is -2.57. The molecule has 140 valence electrons. The van der Waals surface area contributed by atoms with E-state index in [1.807, 2.05) is 6.92 Å². The van der Waals surface area contributed by atoms with Crippen LogP contribution in [0.15, 0.2) is 48.5 Å². The van der Waals surface area contributed by atoms with Gasteiger partial charge in [0.25, 0.3) is 11.8 Å². The number of nitrogens with one attached hydrogen (secondary N) is 2. The van der Waals surface area contributed by atoms with E-state index in [1.54, 1.807) is 48.5 Å². The zero-order valence-electron chi connectivity index (χ0n) is 14.7. The molecule has 6 nitrogen and oxygen atoms in total. The molecular weight excluding hydrogens is 354 g/mol. The van der Waals surface area contributed by atoms with E-state index >= 15 is 0 Å². The van der Waals surface area contributed by atoms with Crippen LogP contribution in [0.2, 0.25) is 0 Å². The number of hydrogen-bond donors (Lipinski definition) is 3. The average molecular weight is 378 g/mol. The highest BCUT2D eigenvalue weighted by Crippen LogP contribution is 2.13. The van der Waals surface area contributed by atoms with Crippen LogP contribution in [0.25, 0.3) is 0 Å². The Kier molecular flexibility index (Phi) is 9.19. The zero-order valence-corrected chi connectivity index (χ0v) is 15.5. The summed E-state index contributed by atoms with van der Waals surface area (Å²) >= 11 is 0. The van der Waals surface area contributed by atoms with Gasteiger partial charge in [0.15, 0.2) is 0 Å². The van der Waals surface area contributed by atoms with Gasteiger partial charge in [-0.15, -0.1) is 12.4 Å². The quantitative estimate of drug-likeness (QED) is 0.486. The molecule has 0 fully saturated rings. The van der Waals surface area contributed by atoms with Crippen LogP contribution in [-0.4, -0.2) is 31.6 Å². The summed E-state index contributed by atoms with van der Waals surface area (Å²) in [6, 6.07) is 13.5. The first kappa shape index (κ1) is 21.5. The summed E-state index contributed by atoms with van der Waals surface area (Å²) < 4.78 is 5.23. The topological polar surface area (TPSA) is 93.5 Å². The Labute approximate surface area is 159 Å². The Morgan fingerprint density at radius 1 is 1.04 bits per heavy atom. The molecule has 0 saturated carbocycles. The maximum atomic E-state index is 12.2. The molecule has 0 atom stereocenters. The molecule has 0 heterocycles. The first-order valence-electron chi connectivity index (χ1n) is 8.23. The number of ether oxygens (including phenoxy) is 1. The summed E-state index contributed by atoms with van der Waals surface area (Å²) in [6.45, 7) is 3.77. The molecule has 7 heteroatoms. The van der Waals surface area contributed by atoms with E-state index < -0.39 is 0 Å². The second kappa shape index (κ2) is 11.1. The second-order valence-corrected chi connectivity index (χ2v) is 5.46. The van der Waals surface area contributed by atoms with Gasteiger partial charge in [0, 0.05) is 42.3 Å². The van der Waals surface area contributed by atoms with Gasteiger partial charge in [-0.05, 0) is 55.8 Å². The van der Waals surface area contributed by atoms with Gasteiger partial charge in [-0.25, -0.2) is 0 Å². The summed E-state index contributed by atoms with van der Waals surface area (Å²) in [5.74, 6) is -0.436. The highest BCUT2D eigenvalue weighted by atomic mass is 35.5. The normalized spacial score (nSPS) is 9.88. The van der Waals surface area contributed by atoms with Crippen LogP contribution >= 0.6 is 12.4 Å². The van der Waals surface area contributed by atoms with Gasteiger partial charge < -0.3 is 21.1 Å². The van der Waals surface area contributed by atoms with Crippen molar-refractivity contribution in [3.05, 3.63) is 59.7 Å². The minimum Gasteiger partial charge on any atom is -0.399 e. The van der Waals surface area contributed by atoms with Crippen LogP contribution in [-0.2, 0) is 4.74 Å². The molecule has 0 spiro atoms. The van der Waals surface area contributed by atoms with Gasteiger partial charge in [0.1, 0.15) is 0 Å². The van der Waals surface area contributed by atoms with Crippen molar-refractivity contribution in [1.82, 2.24) is 5.32 Å². The summed E-state index contributed by atoms with van der Waals surface area (Å²) in [5.41, 5.74) is 7.76. The first-order valence-corrected chi connectivity index (χ1v) is 8.23. The van der Waals surface area contributed by atoms with Gasteiger partial charge in [0.05, 0.1) is 0 Å². The standard InChI is InChI=1S/C19H23N3O3.ClH/c1-2-25-12-4-11-21-18(23)15-5-3-6-17(13-15)22-19(24)14-7-9-16(20)10-8-14;/h3,5-10,13H,2,4,11-12,20H2,1H3,(H,21,23)(H,22,24);1H. The van der Waals surface area contributed by atoms with E-state index in [-0.39, 0.29) is 24.2 Å². The van der Waals surface area contributed by atoms with Gasteiger partial charge >= 0.3 is 0 Å². The number of carbonyl (C=O) groups excluding carboxylic acids is 2. The third-order valence-electron chi connectivity index (χ3n) is 3.51. The Morgan fingerprint density at radius 2 is 1.77 bits per heavy atom. The number of carbonyl (C=O) groups is 2. The molecule has 0 unspecified atom stereocenters. The Morgan fingerprint density at radius 3 is 2.46 bits per heavy atom. The van der Waals surface area contributed by atoms with Crippen molar-refractivity contribution in [2.45, 2.75) is 13.3 Å². The molecule has 2 amide bonds. The van der Waals surface area contributed by atoms with Gasteiger partial charge in [-0.3, -0.25) is 9.59 Å². The van der Waals surface area contributed by atoms with E-state index in [0.717, 1.165) is 6.42 Å². The number of anilines is 2. The lowest BCUT2D eigenvalue weighted by Gasteiger charge is -2.09. The summed E-state index contributed by atoms with van der Waals surface area (Å²) in [4.78, 5) is 24.4. The highest BCUT2D eigenvalue weighted by molar-refractivity contribution is 6.05. The average Bonchev–Trinajstić information content (AvgIpc) is 2.62. The summed E-state index contributed by atoms with van der Waals surface area (Å²) in [5, 5.41) is 5.61. The lowest BCUT2D eigenvalue weighted by molar-refractivity contribution is 0.0943. The smallest absolute Gasteiger partial charge is 0.255 e. The summed E-state index contributed by atoms with van der Waals surface area (Å²) in [7, 11) is 0. The molecule has 0 bridgehead atoms. The zero-order chi connectivity index (χ0) is 18.1. The fraction of sp³-hybridized carbons (Fsp3) is 0.263. The number of nitrogen functional groups attached to an aromatic ring is 1. The molecule has 4 N–H and O–H groups in total. The van der Waals surface area contributed by atoms with Crippen LogP contribution in [0.5, 0.6) is 0 Å². The third kappa shape index (κ3) is 6.74. The molecule has 0 aromatic heterocycles. The van der Waals surface area contributed by atoms with E-state index in [2.05, 4.69) is 10.6 Å². The molecule has 0 aliphatic rings. The van der Waals surface area contributed by atoms with Crippen LogP contribution in [0.1, 0.15) is 34.1 Å². The molecular formula is C19H24ClN3O3. The number of halogens is 1. The number of hydrogen-bond acceptors (Lipinski definition) is 4. The van der Waals surface area contributed by atoms with E-state index in [1.165, 1.54) is 0 Å². The van der Waals surface area contributed by atoms with E-state index in [4.69, 9.17) is 10.5 Å². The molecule has 2 aromatic carbocycles. The monoisotopic (exact) mass is 377 g/mol. The van der Waals surface area contributed by atoms with Crippen LogP contribution in [0, 0.1) is 0 Å². The minimum atomic E-state index is -0.255. The number of rotatable bonds is 8. The van der Waals surface area contributed by atoms with Gasteiger partial charge in [0.2, 0.25) is 0 Å². The van der Waals surface area contributed by atoms with E-state index in [9.17, 15) is 9.59 Å². The molecule has 0 aliphatic carbocycles. The molecule has 0 radical (unpaired) electrons. The predicted octanol–water partition coefficient (Wildman–Crippen LogP) is 3.10. The molecule has 0 saturated heterocycles. The third-order valence-corrected chi connectivity index (χ3v) is 3.51. The maximum absolute atomic E-state index is 12.2. The fourth-order valence-corrected chi connectivity index (χ4v) is 2.20. The van der Waals surface area contributed by atoms with Crippen molar-refractivity contribution >= 4 is 35.6 Å². The lowest BCUT2D eigenvalue weighted by Crippen LogP contribution is -2.25. The molecule has 2 aromatic rings. The molecule has 26 heavy (non-hydrogen) atoms. The van der Waals surface area contributed by atoms with Crippen molar-refractivity contribution in [2.75, 3.05) is 30.8 Å². The molecule has 0 aliphatic heterocycles. The Balaban J connectivity index is 0.00000338. The SMILES string of the molecule is CCOCCCNC(=O)c1cccc(NC(=O)c2ccc(N)cc2)c1.Cl. The minimum absolute atomic E-state index is 0. The summed E-state index contributed by atoms with van der Waals surface area (Å²) in [6.07, 6.45) is 0.757. The number of benzene rings is 2. The largest absolute Gasteiger partial charge is 0.399 e. The fourth-order valence-electron chi connectivity index (χ4n) is 2.20. The number of nitrogens with two attached hydrogens (primary N) is 1. The Bertz CT molecular complexity index is 720. The second-order valence-electron chi connectivity index (χ2n) is 5.46. The van der Waals surface area contributed by atoms with Crippen molar-refractivity contribution in [3.8, 4) is 0 Å². The van der Waals surface area contributed by atoms with Crippen molar-refractivity contribution in [1.29, 1.82) is 0 Å². The van der Waals surface area contributed by atoms with Crippen LogP contribution < -0.4 is 16.4 Å². The van der Waals surface area contributed by atoms with Gasteiger partial charge in [-0.2, -0.15) is 0 Å². The first-order chi connectivity index (χ1) is 12.1. The number of amides is 2.